The van der Waals surface area contributed by atoms with Gasteiger partial charge in [0.05, 0.1) is 19.0 Å². The van der Waals surface area contributed by atoms with E-state index in [1.807, 2.05) is 0 Å². The van der Waals surface area contributed by atoms with Crippen molar-refractivity contribution in [3.05, 3.63) is 27.2 Å². The topological polar surface area (TPSA) is 74.3 Å². The van der Waals surface area contributed by atoms with Gasteiger partial charge >= 0.3 is 5.69 Å². The monoisotopic (exact) mass is 306 g/mol. The summed E-state index contributed by atoms with van der Waals surface area (Å²) in [6.45, 7) is 3.91. The van der Waals surface area contributed by atoms with Crippen LogP contribution in [-0.4, -0.2) is 31.4 Å². The molecule has 1 aliphatic rings. The Morgan fingerprint density at radius 3 is 2.68 bits per heavy atom. The van der Waals surface area contributed by atoms with Gasteiger partial charge in [-0.25, -0.2) is 9.78 Å². The first-order chi connectivity index (χ1) is 10.6. The molecule has 1 unspecified atom stereocenters. The van der Waals surface area contributed by atoms with Gasteiger partial charge in [-0.05, 0) is 19.3 Å². The number of rotatable bonds is 7. The SMILES string of the molecule is CCCCn1c(=O)n(CCCC2CO2)c(=O)c2c1ncn2C. The maximum absolute atomic E-state index is 12.7. The lowest BCUT2D eigenvalue weighted by Gasteiger charge is -2.11. The standard InChI is InChI=1S/C15H22N4O3/c1-3-4-7-18-13-12(17(2)10-16-13)14(20)19(15(18)21)8-5-6-11-9-22-11/h10-11H,3-9H2,1-2H3. The maximum Gasteiger partial charge on any atom is 0.332 e. The van der Waals surface area contributed by atoms with Crippen LogP contribution in [0.15, 0.2) is 15.9 Å². The Morgan fingerprint density at radius 2 is 2.00 bits per heavy atom. The molecule has 3 rings (SSSR count). The Labute approximate surface area is 128 Å². The molecule has 0 spiro atoms. The average molecular weight is 306 g/mol. The number of epoxide rings is 1. The molecule has 2 aromatic heterocycles. The summed E-state index contributed by atoms with van der Waals surface area (Å²) in [7, 11) is 1.79. The minimum absolute atomic E-state index is 0.246. The molecular weight excluding hydrogens is 284 g/mol. The van der Waals surface area contributed by atoms with E-state index in [2.05, 4.69) is 11.9 Å². The minimum atomic E-state index is -0.249. The number of unbranched alkanes of at least 4 members (excludes halogenated alkanes) is 1. The van der Waals surface area contributed by atoms with Gasteiger partial charge in [0.2, 0.25) is 0 Å². The smallest absolute Gasteiger partial charge is 0.332 e. The van der Waals surface area contributed by atoms with Crippen LogP contribution in [0.25, 0.3) is 11.2 Å². The van der Waals surface area contributed by atoms with E-state index >= 15 is 0 Å². The molecule has 0 aliphatic carbocycles. The van der Waals surface area contributed by atoms with Crippen molar-refractivity contribution in [2.75, 3.05) is 6.61 Å². The Morgan fingerprint density at radius 1 is 1.27 bits per heavy atom. The molecule has 7 heteroatoms. The van der Waals surface area contributed by atoms with Gasteiger partial charge in [0, 0.05) is 20.1 Å². The quantitative estimate of drug-likeness (QED) is 0.712. The highest BCUT2D eigenvalue weighted by molar-refractivity contribution is 5.69. The van der Waals surface area contributed by atoms with Crippen molar-refractivity contribution >= 4 is 11.2 Å². The maximum atomic E-state index is 12.7. The van der Waals surface area contributed by atoms with E-state index < -0.39 is 0 Å². The predicted octanol–water partition coefficient (Wildman–Crippen LogP) is 0.876. The van der Waals surface area contributed by atoms with Crippen molar-refractivity contribution in [1.82, 2.24) is 18.7 Å². The van der Waals surface area contributed by atoms with Crippen molar-refractivity contribution in [3.8, 4) is 0 Å². The fraction of sp³-hybridized carbons (Fsp3) is 0.667. The Bertz CT molecular complexity index is 782. The van der Waals surface area contributed by atoms with Gasteiger partial charge in [0.1, 0.15) is 0 Å². The van der Waals surface area contributed by atoms with Crippen LogP contribution in [0, 0.1) is 0 Å². The summed E-state index contributed by atoms with van der Waals surface area (Å²) in [5.41, 5.74) is 0.497. The molecule has 0 aromatic carbocycles. The molecule has 1 saturated heterocycles. The molecule has 2 aromatic rings. The van der Waals surface area contributed by atoms with Crippen LogP contribution in [0.1, 0.15) is 32.6 Å². The van der Waals surface area contributed by atoms with Gasteiger partial charge in [0.25, 0.3) is 5.56 Å². The molecule has 120 valence electrons. The second kappa shape index (κ2) is 6.08. The van der Waals surface area contributed by atoms with Crippen LogP contribution in [0.2, 0.25) is 0 Å². The van der Waals surface area contributed by atoms with Crippen LogP contribution in [0.5, 0.6) is 0 Å². The molecule has 1 atom stereocenters. The van der Waals surface area contributed by atoms with E-state index in [9.17, 15) is 9.59 Å². The van der Waals surface area contributed by atoms with Gasteiger partial charge in [-0.3, -0.25) is 13.9 Å². The zero-order chi connectivity index (χ0) is 15.7. The van der Waals surface area contributed by atoms with Gasteiger partial charge in [0.15, 0.2) is 11.2 Å². The lowest BCUT2D eigenvalue weighted by molar-refractivity contribution is 0.383. The molecule has 1 fully saturated rings. The van der Waals surface area contributed by atoms with E-state index in [0.717, 1.165) is 32.3 Å². The summed E-state index contributed by atoms with van der Waals surface area (Å²) >= 11 is 0. The third-order valence-corrected chi connectivity index (χ3v) is 4.13. The number of fused-ring (bicyclic) bond motifs is 1. The van der Waals surface area contributed by atoms with Gasteiger partial charge in [-0.1, -0.05) is 13.3 Å². The summed E-state index contributed by atoms with van der Waals surface area (Å²) in [5.74, 6) is 0. The molecule has 7 nitrogen and oxygen atoms in total. The lowest BCUT2D eigenvalue weighted by atomic mass is 10.2. The second-order valence-corrected chi connectivity index (χ2v) is 5.87. The highest BCUT2D eigenvalue weighted by Crippen LogP contribution is 2.15. The van der Waals surface area contributed by atoms with Gasteiger partial charge in [-0.15, -0.1) is 0 Å². The van der Waals surface area contributed by atoms with Crippen LogP contribution >= 0.6 is 0 Å². The molecule has 22 heavy (non-hydrogen) atoms. The molecule has 3 heterocycles. The Hall–Kier alpha value is -1.89. The van der Waals surface area contributed by atoms with E-state index in [1.165, 1.54) is 4.57 Å². The molecule has 0 radical (unpaired) electrons. The number of hydrogen-bond donors (Lipinski definition) is 0. The van der Waals surface area contributed by atoms with Crippen molar-refractivity contribution in [2.24, 2.45) is 7.05 Å². The van der Waals surface area contributed by atoms with Crippen molar-refractivity contribution in [2.45, 2.75) is 51.8 Å². The zero-order valence-electron chi connectivity index (χ0n) is 13.1. The molecule has 0 amide bonds. The number of nitrogens with zero attached hydrogens (tertiary/aromatic N) is 4. The number of imidazole rings is 1. The van der Waals surface area contributed by atoms with Crippen LogP contribution in [-0.2, 0) is 24.9 Å². The van der Waals surface area contributed by atoms with Crippen LogP contribution < -0.4 is 11.2 Å². The van der Waals surface area contributed by atoms with Crippen LogP contribution in [0.4, 0.5) is 0 Å². The molecule has 0 N–H and O–H groups in total. The first-order valence-electron chi connectivity index (χ1n) is 7.89. The first kappa shape index (κ1) is 15.0. The number of aromatic nitrogens is 4. The molecular formula is C15H22N4O3. The summed E-state index contributed by atoms with van der Waals surface area (Å²) < 4.78 is 9.85. The number of hydrogen-bond acceptors (Lipinski definition) is 4. The number of ether oxygens (including phenoxy) is 1. The zero-order valence-corrected chi connectivity index (χ0v) is 13.1. The molecule has 1 aliphatic heterocycles. The Balaban J connectivity index is 2.02. The average Bonchev–Trinajstić information content (AvgIpc) is 3.24. The largest absolute Gasteiger partial charge is 0.373 e. The van der Waals surface area contributed by atoms with Gasteiger partial charge in [-0.2, -0.15) is 0 Å². The minimum Gasteiger partial charge on any atom is -0.373 e. The third kappa shape index (κ3) is 2.72. The summed E-state index contributed by atoms with van der Waals surface area (Å²) in [6, 6.07) is 0. The lowest BCUT2D eigenvalue weighted by Crippen LogP contribution is -2.40. The first-order valence-corrected chi connectivity index (χ1v) is 7.89. The fourth-order valence-corrected chi connectivity index (χ4v) is 2.74. The van der Waals surface area contributed by atoms with Gasteiger partial charge < -0.3 is 9.30 Å². The third-order valence-electron chi connectivity index (χ3n) is 4.13. The predicted molar refractivity (Wildman–Crippen MR) is 83.1 cm³/mol. The normalized spacial score (nSPS) is 17.3. The van der Waals surface area contributed by atoms with E-state index in [0.29, 0.717) is 30.4 Å². The van der Waals surface area contributed by atoms with Crippen LogP contribution in [0.3, 0.4) is 0 Å². The van der Waals surface area contributed by atoms with E-state index in [4.69, 9.17) is 4.74 Å². The Kier molecular flexibility index (Phi) is 4.15. The molecule has 0 saturated carbocycles. The van der Waals surface area contributed by atoms with E-state index in [-0.39, 0.29) is 11.2 Å². The van der Waals surface area contributed by atoms with Crippen molar-refractivity contribution < 1.29 is 4.74 Å². The van der Waals surface area contributed by atoms with E-state index in [1.54, 1.807) is 22.5 Å². The summed E-state index contributed by atoms with van der Waals surface area (Å²) in [5, 5.41) is 0. The van der Waals surface area contributed by atoms with Crippen molar-refractivity contribution in [1.29, 1.82) is 0 Å². The fourth-order valence-electron chi connectivity index (χ4n) is 2.74. The molecule has 0 bridgehead atoms. The van der Waals surface area contributed by atoms with Crippen molar-refractivity contribution in [3.63, 3.8) is 0 Å². The highest BCUT2D eigenvalue weighted by atomic mass is 16.6. The summed E-state index contributed by atoms with van der Waals surface area (Å²) in [4.78, 5) is 29.5. The highest BCUT2D eigenvalue weighted by Gasteiger charge is 2.22. The summed E-state index contributed by atoms with van der Waals surface area (Å²) in [6.07, 6.45) is 5.45. The number of aryl methyl sites for hydroxylation is 2. The second-order valence-electron chi connectivity index (χ2n) is 5.87.